The molecule has 1 aromatic carbocycles. The van der Waals surface area contributed by atoms with Crippen molar-refractivity contribution in [3.63, 3.8) is 0 Å². The largest absolute Gasteiger partial charge is 0.494 e. The van der Waals surface area contributed by atoms with Crippen LogP contribution in [0.3, 0.4) is 0 Å². The summed E-state index contributed by atoms with van der Waals surface area (Å²) in [6.07, 6.45) is 2.39. The van der Waals surface area contributed by atoms with Gasteiger partial charge in [-0.3, -0.25) is 0 Å². The molecule has 1 fully saturated rings. The minimum absolute atomic E-state index is 0.266. The average molecular weight is 181 g/mol. The molecule has 1 aliphatic carbocycles. The van der Waals surface area contributed by atoms with E-state index in [4.69, 9.17) is 4.74 Å². The van der Waals surface area contributed by atoms with Gasteiger partial charge >= 0.3 is 0 Å². The van der Waals surface area contributed by atoms with E-state index >= 15 is 0 Å². The standard InChI is InChI=1S/C10H12FNO/c1-13-10-6-7(11)2-5-9(10)12-8-3-4-8/h2,5-6,8,12H,3-4H2,1H3. The van der Waals surface area contributed by atoms with Crippen molar-refractivity contribution in [2.75, 3.05) is 12.4 Å². The molecule has 0 aromatic heterocycles. The van der Waals surface area contributed by atoms with Crippen LogP contribution in [0, 0.1) is 5.82 Å². The molecule has 0 amide bonds. The maximum atomic E-state index is 12.8. The zero-order valence-corrected chi connectivity index (χ0v) is 7.51. The van der Waals surface area contributed by atoms with E-state index in [9.17, 15) is 4.39 Å². The first-order chi connectivity index (χ1) is 6.29. The number of nitrogens with one attached hydrogen (secondary N) is 1. The predicted molar refractivity (Wildman–Crippen MR) is 49.6 cm³/mol. The number of methoxy groups -OCH3 is 1. The fourth-order valence-electron chi connectivity index (χ4n) is 1.23. The summed E-state index contributed by atoms with van der Waals surface area (Å²) in [4.78, 5) is 0. The Labute approximate surface area is 76.7 Å². The Balaban J connectivity index is 2.21. The van der Waals surface area contributed by atoms with Gasteiger partial charge < -0.3 is 10.1 Å². The molecule has 0 aliphatic heterocycles. The minimum atomic E-state index is -0.266. The highest BCUT2D eigenvalue weighted by Crippen LogP contribution is 2.31. The summed E-state index contributed by atoms with van der Waals surface area (Å²) in [7, 11) is 1.55. The third-order valence-corrected chi connectivity index (χ3v) is 2.10. The van der Waals surface area contributed by atoms with Crippen LogP contribution in [-0.2, 0) is 0 Å². The van der Waals surface area contributed by atoms with Gasteiger partial charge in [0.05, 0.1) is 12.8 Å². The monoisotopic (exact) mass is 181 g/mol. The van der Waals surface area contributed by atoms with Gasteiger partial charge in [0.2, 0.25) is 0 Å². The fraction of sp³-hybridized carbons (Fsp3) is 0.400. The quantitative estimate of drug-likeness (QED) is 0.773. The molecule has 0 spiro atoms. The lowest BCUT2D eigenvalue weighted by atomic mass is 10.3. The molecule has 0 radical (unpaired) electrons. The smallest absolute Gasteiger partial charge is 0.144 e. The number of anilines is 1. The summed E-state index contributed by atoms with van der Waals surface area (Å²) in [5.41, 5.74) is 0.881. The second-order valence-corrected chi connectivity index (χ2v) is 3.26. The van der Waals surface area contributed by atoms with E-state index in [-0.39, 0.29) is 5.82 Å². The molecule has 0 unspecified atom stereocenters. The molecule has 0 bridgehead atoms. The molecule has 2 nitrogen and oxygen atoms in total. The Morgan fingerprint density at radius 2 is 2.23 bits per heavy atom. The van der Waals surface area contributed by atoms with Gasteiger partial charge in [0.15, 0.2) is 0 Å². The highest BCUT2D eigenvalue weighted by atomic mass is 19.1. The van der Waals surface area contributed by atoms with Gasteiger partial charge in [-0.1, -0.05) is 0 Å². The van der Waals surface area contributed by atoms with Crippen molar-refractivity contribution >= 4 is 5.69 Å². The summed E-state index contributed by atoms with van der Waals surface area (Å²) in [6, 6.07) is 5.10. The lowest BCUT2D eigenvalue weighted by Gasteiger charge is -2.09. The van der Waals surface area contributed by atoms with Crippen LogP contribution in [-0.4, -0.2) is 13.2 Å². The molecular formula is C10H12FNO. The van der Waals surface area contributed by atoms with E-state index in [1.807, 2.05) is 0 Å². The van der Waals surface area contributed by atoms with Gasteiger partial charge in [-0.05, 0) is 25.0 Å². The Kier molecular flexibility index (Phi) is 2.08. The lowest BCUT2D eigenvalue weighted by molar-refractivity contribution is 0.413. The molecule has 3 heteroatoms. The SMILES string of the molecule is COc1cc(F)ccc1NC1CC1. The second-order valence-electron chi connectivity index (χ2n) is 3.26. The molecule has 1 aromatic rings. The zero-order chi connectivity index (χ0) is 9.26. The first-order valence-corrected chi connectivity index (χ1v) is 4.39. The molecule has 0 atom stereocenters. The molecule has 70 valence electrons. The van der Waals surface area contributed by atoms with Crippen molar-refractivity contribution in [3.8, 4) is 5.75 Å². The van der Waals surface area contributed by atoms with Crippen molar-refractivity contribution in [3.05, 3.63) is 24.0 Å². The molecule has 1 aliphatic rings. The Morgan fingerprint density at radius 1 is 1.46 bits per heavy atom. The van der Waals surface area contributed by atoms with Crippen LogP contribution in [0.4, 0.5) is 10.1 Å². The summed E-state index contributed by atoms with van der Waals surface area (Å²) in [5, 5.41) is 3.27. The van der Waals surface area contributed by atoms with Gasteiger partial charge in [0, 0.05) is 12.1 Å². The van der Waals surface area contributed by atoms with Crippen LogP contribution in [0.25, 0.3) is 0 Å². The van der Waals surface area contributed by atoms with Gasteiger partial charge in [-0.15, -0.1) is 0 Å². The van der Waals surface area contributed by atoms with E-state index in [0.29, 0.717) is 11.8 Å². The predicted octanol–water partition coefficient (Wildman–Crippen LogP) is 2.41. The maximum absolute atomic E-state index is 12.8. The topological polar surface area (TPSA) is 21.3 Å². The maximum Gasteiger partial charge on any atom is 0.144 e. The van der Waals surface area contributed by atoms with Crippen LogP contribution in [0.2, 0.25) is 0 Å². The first kappa shape index (κ1) is 8.35. The summed E-state index contributed by atoms with van der Waals surface area (Å²) >= 11 is 0. The Hall–Kier alpha value is -1.25. The molecular weight excluding hydrogens is 169 g/mol. The van der Waals surface area contributed by atoms with Crippen molar-refractivity contribution in [2.24, 2.45) is 0 Å². The highest BCUT2D eigenvalue weighted by Gasteiger charge is 2.22. The van der Waals surface area contributed by atoms with Crippen molar-refractivity contribution in [1.82, 2.24) is 0 Å². The summed E-state index contributed by atoms with van der Waals surface area (Å²) in [6.45, 7) is 0. The summed E-state index contributed by atoms with van der Waals surface area (Å²) in [5.74, 6) is 0.310. The van der Waals surface area contributed by atoms with E-state index in [2.05, 4.69) is 5.32 Å². The van der Waals surface area contributed by atoms with Crippen LogP contribution < -0.4 is 10.1 Å². The van der Waals surface area contributed by atoms with E-state index in [1.54, 1.807) is 13.2 Å². The minimum Gasteiger partial charge on any atom is -0.494 e. The average Bonchev–Trinajstić information content (AvgIpc) is 2.92. The highest BCUT2D eigenvalue weighted by molar-refractivity contribution is 5.57. The number of benzene rings is 1. The van der Waals surface area contributed by atoms with E-state index in [0.717, 1.165) is 5.69 Å². The van der Waals surface area contributed by atoms with Crippen molar-refractivity contribution in [2.45, 2.75) is 18.9 Å². The van der Waals surface area contributed by atoms with Gasteiger partial charge in [-0.25, -0.2) is 4.39 Å². The number of rotatable bonds is 3. The van der Waals surface area contributed by atoms with Crippen LogP contribution in [0.15, 0.2) is 18.2 Å². The van der Waals surface area contributed by atoms with Gasteiger partial charge in [0.25, 0.3) is 0 Å². The zero-order valence-electron chi connectivity index (χ0n) is 7.51. The lowest BCUT2D eigenvalue weighted by Crippen LogP contribution is -2.02. The van der Waals surface area contributed by atoms with Crippen molar-refractivity contribution in [1.29, 1.82) is 0 Å². The van der Waals surface area contributed by atoms with Crippen LogP contribution >= 0.6 is 0 Å². The normalized spacial score (nSPS) is 15.5. The first-order valence-electron chi connectivity index (χ1n) is 4.39. The molecule has 0 heterocycles. The van der Waals surface area contributed by atoms with Gasteiger partial charge in [-0.2, -0.15) is 0 Å². The molecule has 2 rings (SSSR count). The van der Waals surface area contributed by atoms with Crippen LogP contribution in [0.1, 0.15) is 12.8 Å². The molecule has 0 saturated heterocycles. The molecule has 13 heavy (non-hydrogen) atoms. The fourth-order valence-corrected chi connectivity index (χ4v) is 1.23. The van der Waals surface area contributed by atoms with E-state index < -0.39 is 0 Å². The number of hydrogen-bond donors (Lipinski definition) is 1. The molecule has 1 saturated carbocycles. The number of hydrogen-bond acceptors (Lipinski definition) is 2. The van der Waals surface area contributed by atoms with Crippen LogP contribution in [0.5, 0.6) is 5.75 Å². The Morgan fingerprint density at radius 3 is 2.85 bits per heavy atom. The Bertz CT molecular complexity index is 310. The molecule has 1 N–H and O–H groups in total. The summed E-state index contributed by atoms with van der Waals surface area (Å²) < 4.78 is 17.8. The van der Waals surface area contributed by atoms with Gasteiger partial charge in [0.1, 0.15) is 11.6 Å². The number of halogens is 1. The van der Waals surface area contributed by atoms with Crippen molar-refractivity contribution < 1.29 is 9.13 Å². The third-order valence-electron chi connectivity index (χ3n) is 2.10. The third kappa shape index (κ3) is 1.91. The second kappa shape index (κ2) is 3.24. The number of ether oxygens (including phenoxy) is 1. The van der Waals surface area contributed by atoms with E-state index in [1.165, 1.54) is 25.0 Å².